The van der Waals surface area contributed by atoms with Gasteiger partial charge >= 0.3 is 5.69 Å². The van der Waals surface area contributed by atoms with Crippen molar-refractivity contribution in [1.82, 2.24) is 19.8 Å². The summed E-state index contributed by atoms with van der Waals surface area (Å²) in [6.45, 7) is 3.51. The van der Waals surface area contributed by atoms with Crippen molar-refractivity contribution in [2.45, 2.75) is 128 Å². The fourth-order valence-electron chi connectivity index (χ4n) is 9.11. The number of carbonyl (C=O) groups excluding carboxylic acids is 5. The Morgan fingerprint density at radius 2 is 1.64 bits per heavy atom. The summed E-state index contributed by atoms with van der Waals surface area (Å²) < 4.78 is 15.3. The predicted molar refractivity (Wildman–Crippen MR) is 231 cm³/mol. The molecule has 1 fully saturated rings. The number of imide groups is 1. The van der Waals surface area contributed by atoms with Crippen LogP contribution < -0.4 is 27.0 Å². The van der Waals surface area contributed by atoms with Crippen LogP contribution in [0.1, 0.15) is 105 Å². The van der Waals surface area contributed by atoms with Gasteiger partial charge < -0.3 is 20.5 Å². The molecule has 1 unspecified atom stereocenters. The van der Waals surface area contributed by atoms with Gasteiger partial charge in [0.15, 0.2) is 0 Å². The van der Waals surface area contributed by atoms with Crippen LogP contribution in [0, 0.1) is 0 Å². The third-order valence-corrected chi connectivity index (χ3v) is 12.4. The first kappa shape index (κ1) is 43.5. The maximum absolute atomic E-state index is 13.8. The van der Waals surface area contributed by atoms with Gasteiger partial charge in [0.25, 0.3) is 0 Å². The summed E-state index contributed by atoms with van der Waals surface area (Å²) in [5.74, 6) is -1.48. The molecule has 1 saturated heterocycles. The molecule has 3 aliphatic rings. The van der Waals surface area contributed by atoms with Crippen molar-refractivity contribution in [3.05, 3.63) is 99.0 Å². The molecule has 4 N–H and O–H groups in total. The molecular weight excluding hydrogens is 777 g/mol. The van der Waals surface area contributed by atoms with Crippen molar-refractivity contribution in [2.75, 3.05) is 18.1 Å². The Morgan fingerprint density at radius 3 is 2.43 bits per heavy atom. The fraction of sp³-hybridized carbons (Fsp3) is 0.489. The van der Waals surface area contributed by atoms with Crippen LogP contribution >= 0.6 is 0 Å². The Kier molecular flexibility index (Phi) is 14.2. The van der Waals surface area contributed by atoms with Crippen LogP contribution in [0.5, 0.6) is 0 Å². The van der Waals surface area contributed by atoms with E-state index in [0.717, 1.165) is 84.8 Å². The maximum Gasteiger partial charge on any atom is 0.329 e. The minimum atomic E-state index is -0.703. The number of hydrogen-bond donors (Lipinski definition) is 3. The Bertz CT molecular complexity index is 2320. The zero-order chi connectivity index (χ0) is 43.0. The van der Waals surface area contributed by atoms with Crippen LogP contribution in [0.2, 0.25) is 0 Å². The van der Waals surface area contributed by atoms with E-state index in [1.165, 1.54) is 10.1 Å². The number of unbranched alkanes of at least 4 members (excludes halogenated alkanes) is 2. The lowest BCUT2D eigenvalue weighted by Crippen LogP contribution is -2.53. The van der Waals surface area contributed by atoms with Gasteiger partial charge in [-0.1, -0.05) is 61.0 Å². The van der Waals surface area contributed by atoms with Gasteiger partial charge in [-0.2, -0.15) is 0 Å². The standard InChI is InChI=1S/C47H58N6O8/c1-30(36(22-24-40(48)54)49-46(58)39-28-35-14-6-11-33-13-8-17-42(56)53(39)43(33)35)61-29-32-20-18-31(19-21-32)10-4-3-5-26-60-27-9-15-34-12-7-16-37-44(34)51(2)47(59)52(37)38-23-25-41(55)50-45(38)57/h6-7,11-12,14,16,18-21,30,36,38-39H,3-5,8-10,13,15,17,22-29H2,1-2H3,(H2,48,54)(H,49,58)(H,50,55,57)/t30-,36+,38?,39+/m1/s1. The number of hydrogen-bond acceptors (Lipinski definition) is 8. The molecule has 3 aliphatic heterocycles. The van der Waals surface area contributed by atoms with Crippen LogP contribution in [0.3, 0.4) is 0 Å². The van der Waals surface area contributed by atoms with Gasteiger partial charge in [0.05, 0.1) is 35.5 Å². The number of nitrogens with one attached hydrogen (secondary N) is 2. The lowest BCUT2D eigenvalue weighted by Gasteiger charge is -2.29. The van der Waals surface area contributed by atoms with Crippen molar-refractivity contribution >= 4 is 46.3 Å². The van der Waals surface area contributed by atoms with E-state index in [1.54, 1.807) is 16.5 Å². The monoisotopic (exact) mass is 834 g/mol. The van der Waals surface area contributed by atoms with E-state index in [1.807, 2.05) is 43.3 Å². The Morgan fingerprint density at radius 1 is 0.885 bits per heavy atom. The zero-order valence-corrected chi connectivity index (χ0v) is 35.3. The molecule has 0 radical (unpaired) electrons. The highest BCUT2D eigenvalue weighted by Gasteiger charge is 2.41. The number of rotatable bonds is 20. The lowest BCUT2D eigenvalue weighted by atomic mass is 10.0. The minimum absolute atomic E-state index is 0.0341. The Balaban J connectivity index is 0.813. The third-order valence-electron chi connectivity index (χ3n) is 12.4. The van der Waals surface area contributed by atoms with E-state index in [0.29, 0.717) is 51.0 Å². The van der Waals surface area contributed by atoms with Gasteiger partial charge in [-0.3, -0.25) is 43.3 Å². The van der Waals surface area contributed by atoms with Gasteiger partial charge in [-0.15, -0.1) is 0 Å². The number of benzene rings is 3. The largest absolute Gasteiger partial charge is 0.381 e. The average Bonchev–Trinajstić information content (AvgIpc) is 3.70. The van der Waals surface area contributed by atoms with Crippen LogP contribution in [0.4, 0.5) is 5.69 Å². The molecule has 0 spiro atoms. The highest BCUT2D eigenvalue weighted by atomic mass is 16.5. The zero-order valence-electron chi connectivity index (χ0n) is 35.3. The SMILES string of the molecule is C[C@@H](OCc1ccc(CCCCCOCCCc2cccc3c2n(C)c(=O)n3C2CCC(=O)NC2=O)cc1)[C@H](CCC(N)=O)NC(=O)[C@@H]1Cc2cccc3c2N1C(=O)CCC3. The number of fused-ring (bicyclic) bond motifs is 1. The van der Waals surface area contributed by atoms with E-state index >= 15 is 0 Å². The molecule has 3 aromatic carbocycles. The van der Waals surface area contributed by atoms with E-state index < -0.39 is 36.0 Å². The third kappa shape index (κ3) is 10.1. The number of carbonyl (C=O) groups is 5. The molecule has 0 bridgehead atoms. The van der Waals surface area contributed by atoms with Crippen molar-refractivity contribution in [1.29, 1.82) is 0 Å². The summed E-state index contributed by atoms with van der Waals surface area (Å²) in [6, 6.07) is 18.3. The summed E-state index contributed by atoms with van der Waals surface area (Å²) in [5, 5.41) is 5.48. The Hall–Kier alpha value is -5.60. The second kappa shape index (κ2) is 19.9. The molecule has 14 nitrogen and oxygen atoms in total. The molecule has 14 heteroatoms. The van der Waals surface area contributed by atoms with Crippen LogP contribution in [0.25, 0.3) is 11.0 Å². The van der Waals surface area contributed by atoms with E-state index in [-0.39, 0.29) is 36.3 Å². The van der Waals surface area contributed by atoms with Gasteiger partial charge in [0.1, 0.15) is 12.1 Å². The number of nitrogens with zero attached hydrogens (tertiary/aromatic N) is 3. The molecule has 4 heterocycles. The number of anilines is 1. The average molecular weight is 835 g/mol. The second-order valence-electron chi connectivity index (χ2n) is 16.7. The lowest BCUT2D eigenvalue weighted by molar-refractivity contribution is -0.135. The summed E-state index contributed by atoms with van der Waals surface area (Å²) in [4.78, 5) is 77.8. The van der Waals surface area contributed by atoms with Gasteiger partial charge in [0, 0.05) is 45.9 Å². The number of aryl methyl sites for hydroxylation is 4. The molecule has 324 valence electrons. The molecule has 5 amide bonds. The smallest absolute Gasteiger partial charge is 0.329 e. The van der Waals surface area contributed by atoms with Crippen molar-refractivity contribution in [3.63, 3.8) is 0 Å². The number of piperidine rings is 1. The summed E-state index contributed by atoms with van der Waals surface area (Å²) in [5.41, 5.74) is 13.0. The van der Waals surface area contributed by atoms with Crippen LogP contribution in [-0.2, 0) is 72.8 Å². The molecule has 1 aromatic heterocycles. The quantitative estimate of drug-likeness (QED) is 0.0851. The first-order valence-corrected chi connectivity index (χ1v) is 21.8. The molecule has 7 rings (SSSR count). The second-order valence-corrected chi connectivity index (χ2v) is 16.7. The van der Waals surface area contributed by atoms with Crippen LogP contribution in [-0.4, -0.2) is 70.1 Å². The van der Waals surface area contributed by atoms with Gasteiger partial charge in [-0.25, -0.2) is 4.79 Å². The Labute approximate surface area is 356 Å². The number of primary amides is 1. The fourth-order valence-corrected chi connectivity index (χ4v) is 9.11. The summed E-state index contributed by atoms with van der Waals surface area (Å²) >= 11 is 0. The first-order chi connectivity index (χ1) is 29.5. The molecule has 0 aliphatic carbocycles. The molecule has 4 aromatic rings. The number of nitrogens with two attached hydrogens (primary N) is 1. The van der Waals surface area contributed by atoms with E-state index in [9.17, 15) is 28.8 Å². The van der Waals surface area contributed by atoms with E-state index in [4.69, 9.17) is 15.2 Å². The number of aromatic nitrogens is 2. The number of imidazole rings is 1. The number of ether oxygens (including phenoxy) is 2. The topological polar surface area (TPSA) is 184 Å². The molecular formula is C47H58N6O8. The molecule has 0 saturated carbocycles. The normalized spacial score (nSPS) is 18.5. The van der Waals surface area contributed by atoms with Crippen molar-refractivity contribution < 1.29 is 33.4 Å². The number of para-hydroxylation sites is 2. The number of amides is 5. The van der Waals surface area contributed by atoms with Gasteiger partial charge in [0.2, 0.25) is 29.5 Å². The summed E-state index contributed by atoms with van der Waals surface area (Å²) in [6.07, 6.45) is 8.47. The van der Waals surface area contributed by atoms with Crippen LogP contribution in [0.15, 0.2) is 65.5 Å². The highest BCUT2D eigenvalue weighted by molar-refractivity contribution is 6.05. The maximum atomic E-state index is 13.8. The van der Waals surface area contributed by atoms with Gasteiger partial charge in [-0.05, 0) is 98.6 Å². The van der Waals surface area contributed by atoms with Crippen molar-refractivity contribution in [2.24, 2.45) is 12.8 Å². The molecule has 4 atom stereocenters. The molecule has 61 heavy (non-hydrogen) atoms. The minimum Gasteiger partial charge on any atom is -0.381 e. The highest BCUT2D eigenvalue weighted by Crippen LogP contribution is 2.39. The summed E-state index contributed by atoms with van der Waals surface area (Å²) in [7, 11) is 1.72. The first-order valence-electron chi connectivity index (χ1n) is 21.8. The predicted octanol–water partition coefficient (Wildman–Crippen LogP) is 4.63. The van der Waals surface area contributed by atoms with E-state index in [2.05, 4.69) is 34.9 Å². The van der Waals surface area contributed by atoms with Crippen molar-refractivity contribution in [3.8, 4) is 0 Å².